The number of benzene rings is 1. The van der Waals surface area contributed by atoms with E-state index in [9.17, 15) is 14.4 Å². The lowest BCUT2D eigenvalue weighted by Crippen LogP contribution is -2.26. The topological polar surface area (TPSA) is 96.7 Å². The number of methoxy groups -OCH3 is 1. The third-order valence-corrected chi connectivity index (χ3v) is 3.10. The molecule has 1 aromatic rings. The van der Waals surface area contributed by atoms with Crippen molar-refractivity contribution in [3.8, 4) is 6.07 Å². The number of esters is 2. The first-order valence-corrected chi connectivity index (χ1v) is 7.27. The molecule has 0 spiro atoms. The number of hydrogen-bond acceptors (Lipinski definition) is 6. The Morgan fingerprint density at radius 3 is 2.40 bits per heavy atom. The number of ether oxygens (including phenoxy) is 2. The number of rotatable bonds is 8. The van der Waals surface area contributed by atoms with Crippen LogP contribution >= 0.6 is 0 Å². The Balaban J connectivity index is 2.79. The maximum atomic E-state index is 11.4. The molecule has 0 bridgehead atoms. The van der Waals surface area contributed by atoms with Gasteiger partial charge in [-0.15, -0.1) is 0 Å². The van der Waals surface area contributed by atoms with Gasteiger partial charge in [-0.05, 0) is 30.7 Å². The monoisotopic (exact) mass is 342 g/mol. The van der Waals surface area contributed by atoms with E-state index in [1.54, 1.807) is 30.3 Å². The molecule has 0 atom stereocenters. The van der Waals surface area contributed by atoms with Crippen LogP contribution in [0.5, 0.6) is 0 Å². The van der Waals surface area contributed by atoms with Crippen LogP contribution < -0.4 is 4.90 Å². The summed E-state index contributed by atoms with van der Waals surface area (Å²) in [4.78, 5) is 35.3. The highest BCUT2D eigenvalue weighted by Gasteiger charge is 2.10. The molecule has 0 saturated heterocycles. The van der Waals surface area contributed by atoms with Gasteiger partial charge in [0.05, 0.1) is 13.7 Å². The zero-order valence-corrected chi connectivity index (χ0v) is 14.0. The van der Waals surface area contributed by atoms with Crippen molar-refractivity contribution in [3.63, 3.8) is 0 Å². The van der Waals surface area contributed by atoms with Crippen LogP contribution in [0.25, 0.3) is 6.08 Å². The van der Waals surface area contributed by atoms with Gasteiger partial charge in [0.2, 0.25) is 6.41 Å². The van der Waals surface area contributed by atoms with E-state index in [0.717, 1.165) is 0 Å². The summed E-state index contributed by atoms with van der Waals surface area (Å²) in [5.74, 6) is -1.24. The minimum Gasteiger partial charge on any atom is -0.465 e. The number of nitriles is 1. The molecule has 0 heterocycles. The maximum absolute atomic E-state index is 11.4. The molecular formula is C18H18N2O5. The van der Waals surface area contributed by atoms with Crippen molar-refractivity contribution in [3.05, 3.63) is 47.6 Å². The van der Waals surface area contributed by atoms with Gasteiger partial charge in [-0.2, -0.15) is 5.26 Å². The Hall–Kier alpha value is -3.40. The van der Waals surface area contributed by atoms with Gasteiger partial charge in [-0.3, -0.25) is 4.79 Å². The Morgan fingerprint density at radius 1 is 1.28 bits per heavy atom. The molecule has 7 heteroatoms. The van der Waals surface area contributed by atoms with E-state index >= 15 is 0 Å². The number of amides is 1. The Bertz CT molecular complexity index is 729. The van der Waals surface area contributed by atoms with Crippen LogP contribution in [0, 0.1) is 11.3 Å². The molecule has 0 fully saturated rings. The van der Waals surface area contributed by atoms with E-state index < -0.39 is 11.9 Å². The Labute approximate surface area is 145 Å². The van der Waals surface area contributed by atoms with Gasteiger partial charge in [0, 0.05) is 11.3 Å². The second-order valence-electron chi connectivity index (χ2n) is 4.97. The predicted octanol–water partition coefficient (Wildman–Crippen LogP) is 1.85. The Kier molecular flexibility index (Phi) is 7.60. The van der Waals surface area contributed by atoms with Gasteiger partial charge >= 0.3 is 11.9 Å². The number of hydrogen-bond donors (Lipinski definition) is 0. The van der Waals surface area contributed by atoms with Gasteiger partial charge in [0.15, 0.2) is 0 Å². The van der Waals surface area contributed by atoms with E-state index in [-0.39, 0.29) is 24.3 Å². The van der Waals surface area contributed by atoms with Gasteiger partial charge in [0.25, 0.3) is 0 Å². The van der Waals surface area contributed by atoms with Crippen molar-refractivity contribution in [1.82, 2.24) is 0 Å². The molecule has 0 radical (unpaired) electrons. The molecule has 0 aliphatic carbocycles. The zero-order chi connectivity index (χ0) is 18.8. The molecule has 0 N–H and O–H groups in total. The average molecular weight is 342 g/mol. The molecule has 0 aliphatic heterocycles. The average Bonchev–Trinajstić information content (AvgIpc) is 2.63. The molecule has 0 aromatic heterocycles. The second kappa shape index (κ2) is 9.67. The lowest BCUT2D eigenvalue weighted by atomic mass is 10.1. The van der Waals surface area contributed by atoms with Crippen molar-refractivity contribution < 1.29 is 23.9 Å². The lowest BCUT2D eigenvalue weighted by Gasteiger charge is -2.17. The largest absolute Gasteiger partial charge is 0.465 e. The molecule has 7 nitrogen and oxygen atoms in total. The molecule has 0 unspecified atom stereocenters. The third-order valence-electron chi connectivity index (χ3n) is 3.10. The van der Waals surface area contributed by atoms with Crippen molar-refractivity contribution in [1.29, 1.82) is 5.26 Å². The van der Waals surface area contributed by atoms with Crippen LogP contribution in [-0.4, -0.2) is 38.6 Å². The summed E-state index contributed by atoms with van der Waals surface area (Å²) >= 11 is 0. The molecule has 130 valence electrons. The minimum atomic E-state index is -0.722. The fourth-order valence-corrected chi connectivity index (χ4v) is 1.78. The van der Waals surface area contributed by atoms with E-state index in [2.05, 4.69) is 11.3 Å². The predicted molar refractivity (Wildman–Crippen MR) is 91.2 cm³/mol. The number of carbonyl (C=O) groups is 3. The summed E-state index contributed by atoms with van der Waals surface area (Å²) in [7, 11) is 1.19. The van der Waals surface area contributed by atoms with Crippen LogP contribution in [0.2, 0.25) is 0 Å². The second-order valence-corrected chi connectivity index (χ2v) is 4.97. The van der Waals surface area contributed by atoms with Crippen LogP contribution in [0.1, 0.15) is 12.5 Å². The SMILES string of the molecule is C=C(C)C(=O)OCCN(C=O)c1ccc(/C=C(/C#N)C(=O)OC)cc1. The summed E-state index contributed by atoms with van der Waals surface area (Å²) in [6, 6.07) is 8.34. The smallest absolute Gasteiger partial charge is 0.348 e. The van der Waals surface area contributed by atoms with E-state index in [1.165, 1.54) is 25.0 Å². The van der Waals surface area contributed by atoms with E-state index in [0.29, 0.717) is 17.7 Å². The van der Waals surface area contributed by atoms with Gasteiger partial charge in [0.1, 0.15) is 18.2 Å². The van der Waals surface area contributed by atoms with Crippen LogP contribution in [0.15, 0.2) is 42.0 Å². The highest BCUT2D eigenvalue weighted by molar-refractivity contribution is 5.97. The number of anilines is 1. The first-order valence-electron chi connectivity index (χ1n) is 7.27. The molecule has 1 aromatic carbocycles. The quantitative estimate of drug-likeness (QED) is 0.309. The van der Waals surface area contributed by atoms with Crippen LogP contribution in [-0.2, 0) is 23.9 Å². The normalized spacial score (nSPS) is 10.4. The zero-order valence-electron chi connectivity index (χ0n) is 14.0. The molecule has 25 heavy (non-hydrogen) atoms. The minimum absolute atomic E-state index is 0.0347. The first kappa shape index (κ1) is 19.6. The standard InChI is InChI=1S/C18H18N2O5/c1-13(2)17(22)25-9-8-20(12-21)16-6-4-14(5-7-16)10-15(11-19)18(23)24-3/h4-7,10,12H,1,8-9H2,2-3H3/b15-10-. The highest BCUT2D eigenvalue weighted by atomic mass is 16.5. The first-order chi connectivity index (χ1) is 11.9. The van der Waals surface area contributed by atoms with Crippen molar-refractivity contribution in [2.75, 3.05) is 25.2 Å². The van der Waals surface area contributed by atoms with Crippen molar-refractivity contribution >= 4 is 30.1 Å². The van der Waals surface area contributed by atoms with Crippen molar-refractivity contribution in [2.45, 2.75) is 6.92 Å². The number of nitrogens with zero attached hydrogens (tertiary/aromatic N) is 2. The fourth-order valence-electron chi connectivity index (χ4n) is 1.78. The van der Waals surface area contributed by atoms with Gasteiger partial charge < -0.3 is 14.4 Å². The van der Waals surface area contributed by atoms with Crippen LogP contribution in [0.3, 0.4) is 0 Å². The highest BCUT2D eigenvalue weighted by Crippen LogP contribution is 2.16. The molecular weight excluding hydrogens is 324 g/mol. The fraction of sp³-hybridized carbons (Fsp3) is 0.222. The summed E-state index contributed by atoms with van der Waals surface area (Å²) in [6.07, 6.45) is 2.00. The van der Waals surface area contributed by atoms with Crippen LogP contribution in [0.4, 0.5) is 5.69 Å². The summed E-state index contributed by atoms with van der Waals surface area (Å²) in [6.45, 7) is 5.23. The molecule has 1 rings (SSSR count). The summed E-state index contributed by atoms with van der Waals surface area (Å²) < 4.78 is 9.45. The van der Waals surface area contributed by atoms with E-state index in [4.69, 9.17) is 10.00 Å². The van der Waals surface area contributed by atoms with Crippen molar-refractivity contribution in [2.24, 2.45) is 0 Å². The summed E-state index contributed by atoms with van der Waals surface area (Å²) in [5, 5.41) is 8.93. The summed E-state index contributed by atoms with van der Waals surface area (Å²) in [5.41, 5.74) is 1.34. The number of carbonyl (C=O) groups excluding carboxylic acids is 3. The third kappa shape index (κ3) is 5.95. The van der Waals surface area contributed by atoms with Gasteiger partial charge in [-0.1, -0.05) is 18.7 Å². The molecule has 1 amide bonds. The lowest BCUT2D eigenvalue weighted by molar-refractivity contribution is -0.139. The Morgan fingerprint density at radius 2 is 1.92 bits per heavy atom. The maximum Gasteiger partial charge on any atom is 0.348 e. The van der Waals surface area contributed by atoms with Gasteiger partial charge in [-0.25, -0.2) is 9.59 Å². The molecule has 0 saturated carbocycles. The van der Waals surface area contributed by atoms with E-state index in [1.807, 2.05) is 0 Å². The molecule has 0 aliphatic rings.